The molecule has 1 aliphatic rings. The summed E-state index contributed by atoms with van der Waals surface area (Å²) in [6.07, 6.45) is -1.85. The highest BCUT2D eigenvalue weighted by Crippen LogP contribution is 2.32. The molecule has 0 bridgehead atoms. The van der Waals surface area contributed by atoms with Crippen LogP contribution in [0.2, 0.25) is 0 Å². The molecule has 0 heterocycles. The summed E-state index contributed by atoms with van der Waals surface area (Å²) in [6, 6.07) is 4.15. The van der Waals surface area contributed by atoms with Crippen molar-refractivity contribution in [3.63, 3.8) is 0 Å². The monoisotopic (exact) mass is 357 g/mol. The van der Waals surface area contributed by atoms with Crippen LogP contribution in [0, 0.1) is 5.92 Å². The first-order valence-electron chi connectivity index (χ1n) is 8.09. The van der Waals surface area contributed by atoms with E-state index in [1.807, 2.05) is 0 Å². The van der Waals surface area contributed by atoms with Gasteiger partial charge in [0.15, 0.2) is 0 Å². The number of hydrogen-bond donors (Lipinski definition) is 3. The zero-order valence-electron chi connectivity index (χ0n) is 13.9. The third-order valence-corrected chi connectivity index (χ3v) is 4.72. The predicted octanol–water partition coefficient (Wildman–Crippen LogP) is 2.04. The summed E-state index contributed by atoms with van der Waals surface area (Å²) in [5, 5.41) is 2.54. The van der Waals surface area contributed by atoms with E-state index in [1.54, 1.807) is 0 Å². The van der Waals surface area contributed by atoms with Crippen molar-refractivity contribution in [1.82, 2.24) is 5.32 Å². The predicted molar refractivity (Wildman–Crippen MR) is 86.1 cm³/mol. The highest BCUT2D eigenvalue weighted by molar-refractivity contribution is 5.91. The minimum atomic E-state index is -4.56. The summed E-state index contributed by atoms with van der Waals surface area (Å²) in [5.74, 6) is -1.73. The molecule has 1 fully saturated rings. The zero-order chi connectivity index (χ0) is 18.8. The fraction of sp³-hybridized carbons (Fsp3) is 0.529. The fourth-order valence-electron chi connectivity index (χ4n) is 3.10. The van der Waals surface area contributed by atoms with Crippen molar-refractivity contribution in [3.8, 4) is 0 Å². The van der Waals surface area contributed by atoms with Gasteiger partial charge in [0.1, 0.15) is 5.54 Å². The van der Waals surface area contributed by atoms with E-state index < -0.39 is 29.1 Å². The second kappa shape index (κ2) is 7.03. The highest BCUT2D eigenvalue weighted by Gasteiger charge is 2.39. The molecule has 0 spiro atoms. The molecule has 8 heteroatoms. The molecule has 1 aromatic carbocycles. The normalized spacial score (nSPS) is 23.6. The Balaban J connectivity index is 2.29. The number of amides is 2. The average molecular weight is 357 g/mol. The lowest BCUT2D eigenvalue weighted by atomic mass is 9.83. The van der Waals surface area contributed by atoms with Gasteiger partial charge in [-0.3, -0.25) is 9.59 Å². The van der Waals surface area contributed by atoms with Gasteiger partial charge in [0.05, 0.1) is 5.56 Å². The molecule has 5 N–H and O–H groups in total. The number of halogens is 3. The summed E-state index contributed by atoms with van der Waals surface area (Å²) in [7, 11) is 0. The molecular weight excluding hydrogens is 335 g/mol. The Bertz CT molecular complexity index is 663. The third-order valence-electron chi connectivity index (χ3n) is 4.72. The number of carbonyl (C=O) groups is 2. The molecule has 1 saturated carbocycles. The quantitative estimate of drug-likeness (QED) is 0.769. The highest BCUT2D eigenvalue weighted by atomic mass is 19.4. The number of alkyl halides is 3. The Kier molecular flexibility index (Phi) is 5.41. The lowest BCUT2D eigenvalue weighted by Gasteiger charge is -2.32. The number of rotatable bonds is 4. The maximum absolute atomic E-state index is 12.9. The molecule has 0 aromatic heterocycles. The molecule has 3 unspecified atom stereocenters. The van der Waals surface area contributed by atoms with Crippen LogP contribution in [0.5, 0.6) is 0 Å². The maximum Gasteiger partial charge on any atom is 0.416 e. The van der Waals surface area contributed by atoms with E-state index in [-0.39, 0.29) is 17.5 Å². The average Bonchev–Trinajstić information content (AvgIpc) is 2.53. The second-order valence-electron chi connectivity index (χ2n) is 6.68. The molecule has 0 aliphatic heterocycles. The van der Waals surface area contributed by atoms with E-state index >= 15 is 0 Å². The first kappa shape index (κ1) is 19.2. The molecule has 1 aliphatic carbocycles. The van der Waals surface area contributed by atoms with Crippen molar-refractivity contribution in [2.24, 2.45) is 17.4 Å². The van der Waals surface area contributed by atoms with Crippen LogP contribution in [0.1, 0.15) is 43.7 Å². The van der Waals surface area contributed by atoms with Crippen LogP contribution < -0.4 is 16.8 Å². The molecule has 3 atom stereocenters. The lowest BCUT2D eigenvalue weighted by molar-refractivity contribution is -0.138. The SMILES string of the molecule is CC(NC(=O)C1CCCC(N)C1)(C(N)=O)c1cccc(C(F)(F)F)c1. The summed E-state index contributed by atoms with van der Waals surface area (Å²) in [4.78, 5) is 24.5. The summed E-state index contributed by atoms with van der Waals surface area (Å²) >= 11 is 0. The number of hydrogen-bond acceptors (Lipinski definition) is 3. The van der Waals surface area contributed by atoms with Gasteiger partial charge in [0, 0.05) is 12.0 Å². The third kappa shape index (κ3) is 4.31. The van der Waals surface area contributed by atoms with Crippen LogP contribution in [0.3, 0.4) is 0 Å². The van der Waals surface area contributed by atoms with Crippen molar-refractivity contribution in [3.05, 3.63) is 35.4 Å². The van der Waals surface area contributed by atoms with Gasteiger partial charge in [0.25, 0.3) is 0 Å². The number of nitrogens with one attached hydrogen (secondary N) is 1. The molecule has 2 amide bonds. The topological polar surface area (TPSA) is 98.2 Å². The van der Waals surface area contributed by atoms with Crippen molar-refractivity contribution < 1.29 is 22.8 Å². The number of primary amides is 1. The minimum absolute atomic E-state index is 0.0108. The smallest absolute Gasteiger partial charge is 0.367 e. The zero-order valence-corrected chi connectivity index (χ0v) is 13.9. The molecule has 138 valence electrons. The molecule has 1 aromatic rings. The van der Waals surface area contributed by atoms with Crippen LogP contribution in [-0.2, 0) is 21.3 Å². The van der Waals surface area contributed by atoms with Crippen LogP contribution in [0.15, 0.2) is 24.3 Å². The van der Waals surface area contributed by atoms with Gasteiger partial charge in [-0.25, -0.2) is 0 Å². The van der Waals surface area contributed by atoms with E-state index in [9.17, 15) is 22.8 Å². The Morgan fingerprint density at radius 2 is 1.84 bits per heavy atom. The minimum Gasteiger partial charge on any atom is -0.367 e. The van der Waals surface area contributed by atoms with E-state index in [2.05, 4.69) is 5.32 Å². The van der Waals surface area contributed by atoms with Crippen LogP contribution >= 0.6 is 0 Å². The van der Waals surface area contributed by atoms with Gasteiger partial charge in [-0.1, -0.05) is 18.6 Å². The van der Waals surface area contributed by atoms with E-state index in [0.29, 0.717) is 12.8 Å². The molecule has 0 radical (unpaired) electrons. The Hall–Kier alpha value is -2.09. The van der Waals surface area contributed by atoms with Gasteiger partial charge in [-0.2, -0.15) is 13.2 Å². The molecular formula is C17H22F3N3O2. The van der Waals surface area contributed by atoms with Gasteiger partial charge >= 0.3 is 6.18 Å². The summed E-state index contributed by atoms with van der Waals surface area (Å²) in [5.41, 5.74) is 8.62. The van der Waals surface area contributed by atoms with E-state index in [0.717, 1.165) is 25.0 Å². The first-order valence-corrected chi connectivity index (χ1v) is 8.09. The van der Waals surface area contributed by atoms with Crippen molar-refractivity contribution in [1.29, 1.82) is 0 Å². The molecule has 0 saturated heterocycles. The molecule has 5 nitrogen and oxygen atoms in total. The van der Waals surface area contributed by atoms with Gasteiger partial charge in [-0.15, -0.1) is 0 Å². The van der Waals surface area contributed by atoms with E-state index in [1.165, 1.54) is 19.1 Å². The van der Waals surface area contributed by atoms with Crippen LogP contribution in [0.4, 0.5) is 13.2 Å². The van der Waals surface area contributed by atoms with Gasteiger partial charge in [0.2, 0.25) is 11.8 Å². The fourth-order valence-corrected chi connectivity index (χ4v) is 3.10. The van der Waals surface area contributed by atoms with Gasteiger partial charge < -0.3 is 16.8 Å². The summed E-state index contributed by atoms with van der Waals surface area (Å²) in [6.45, 7) is 1.31. The number of nitrogens with two attached hydrogens (primary N) is 2. The van der Waals surface area contributed by atoms with Crippen molar-refractivity contribution in [2.45, 2.75) is 50.4 Å². The Morgan fingerprint density at radius 3 is 2.40 bits per heavy atom. The standard InChI is InChI=1S/C17H22F3N3O2/c1-16(15(22)25,11-5-3-6-12(9-11)17(18,19)20)23-14(24)10-4-2-7-13(21)8-10/h3,5-6,9-10,13H,2,4,7-8,21H2,1H3,(H2,22,25)(H,23,24). The maximum atomic E-state index is 12.9. The molecule has 2 rings (SSSR count). The largest absolute Gasteiger partial charge is 0.416 e. The first-order chi connectivity index (χ1) is 11.5. The van der Waals surface area contributed by atoms with Gasteiger partial charge in [-0.05, 0) is 43.9 Å². The Morgan fingerprint density at radius 1 is 1.20 bits per heavy atom. The van der Waals surface area contributed by atoms with Crippen LogP contribution in [0.25, 0.3) is 0 Å². The number of carbonyl (C=O) groups excluding carboxylic acids is 2. The van der Waals surface area contributed by atoms with Crippen LogP contribution in [-0.4, -0.2) is 17.9 Å². The van der Waals surface area contributed by atoms with E-state index in [4.69, 9.17) is 11.5 Å². The van der Waals surface area contributed by atoms with Crippen molar-refractivity contribution in [2.75, 3.05) is 0 Å². The lowest BCUT2D eigenvalue weighted by Crippen LogP contribution is -2.55. The van der Waals surface area contributed by atoms with Crippen molar-refractivity contribution >= 4 is 11.8 Å². The number of benzene rings is 1. The second-order valence-corrected chi connectivity index (χ2v) is 6.68. The Labute approximate surface area is 143 Å². The molecule has 25 heavy (non-hydrogen) atoms. The summed E-state index contributed by atoms with van der Waals surface area (Å²) < 4.78 is 38.8.